The van der Waals surface area contributed by atoms with E-state index in [1.807, 2.05) is 12.1 Å². The Labute approximate surface area is 98.8 Å². The summed E-state index contributed by atoms with van der Waals surface area (Å²) in [6, 6.07) is 5.64. The van der Waals surface area contributed by atoms with Crippen molar-refractivity contribution >= 4 is 15.9 Å². The number of halogens is 1. The zero-order valence-corrected chi connectivity index (χ0v) is 10.3. The summed E-state index contributed by atoms with van der Waals surface area (Å²) < 4.78 is 0.769. The number of aromatic hydroxyl groups is 1. The molecule has 0 spiro atoms. The average molecular weight is 270 g/mol. The molecule has 0 radical (unpaired) electrons. The maximum Gasteiger partial charge on any atom is 0.129 e. The van der Waals surface area contributed by atoms with E-state index in [0.717, 1.165) is 23.5 Å². The summed E-state index contributed by atoms with van der Waals surface area (Å²) >= 11 is 3.31. The number of rotatable bonds is 4. The van der Waals surface area contributed by atoms with Crippen LogP contribution in [-0.4, -0.2) is 11.7 Å². The summed E-state index contributed by atoms with van der Waals surface area (Å²) in [6.45, 7) is 2.01. The van der Waals surface area contributed by atoms with E-state index in [-0.39, 0.29) is 0 Å². The number of hydrogen-bond acceptors (Lipinski definition) is 2. The summed E-state index contributed by atoms with van der Waals surface area (Å²) in [5.41, 5.74) is 1.21. The van der Waals surface area contributed by atoms with Gasteiger partial charge in [0.2, 0.25) is 0 Å². The quantitative estimate of drug-likeness (QED) is 0.881. The van der Waals surface area contributed by atoms with Crippen LogP contribution in [0.4, 0.5) is 0 Å². The average Bonchev–Trinajstić information content (AvgIpc) is 2.15. The topological polar surface area (TPSA) is 32.3 Å². The minimum Gasteiger partial charge on any atom is -0.507 e. The van der Waals surface area contributed by atoms with E-state index in [1.54, 1.807) is 6.07 Å². The van der Waals surface area contributed by atoms with Crippen LogP contribution in [0, 0.1) is 5.92 Å². The summed E-state index contributed by atoms with van der Waals surface area (Å²) in [7, 11) is 0. The molecule has 1 aliphatic rings. The molecule has 0 saturated heterocycles. The lowest BCUT2D eigenvalue weighted by atomic mass is 9.85. The van der Waals surface area contributed by atoms with Crippen LogP contribution in [0.5, 0.6) is 5.75 Å². The first-order chi connectivity index (χ1) is 7.25. The third kappa shape index (κ3) is 2.95. The van der Waals surface area contributed by atoms with E-state index >= 15 is 0 Å². The van der Waals surface area contributed by atoms with Crippen molar-refractivity contribution in [2.75, 3.05) is 6.54 Å². The zero-order valence-electron chi connectivity index (χ0n) is 8.67. The number of hydrogen-bond donors (Lipinski definition) is 2. The van der Waals surface area contributed by atoms with Gasteiger partial charge < -0.3 is 10.4 Å². The van der Waals surface area contributed by atoms with Crippen LogP contribution in [0.3, 0.4) is 0 Å². The molecule has 0 amide bonds. The normalized spacial score (nSPS) is 16.3. The van der Waals surface area contributed by atoms with Crippen molar-refractivity contribution in [2.45, 2.75) is 25.8 Å². The Kier molecular flexibility index (Phi) is 3.65. The van der Waals surface area contributed by atoms with Crippen LogP contribution in [0.25, 0.3) is 0 Å². The van der Waals surface area contributed by atoms with Crippen LogP contribution >= 0.6 is 15.9 Å². The molecule has 1 fully saturated rings. The fraction of sp³-hybridized carbons (Fsp3) is 0.500. The minimum atomic E-state index is 0.303. The van der Waals surface area contributed by atoms with Gasteiger partial charge in [0.1, 0.15) is 5.75 Å². The Hall–Kier alpha value is -0.540. The molecule has 15 heavy (non-hydrogen) atoms. The molecule has 1 aliphatic carbocycles. The standard InChI is InChI=1S/C12H16BrNO/c13-11-6-10(4-5-12(11)15)8-14-7-9-2-1-3-9/h4-6,9,14-15H,1-3,7-8H2. The second-order valence-electron chi connectivity index (χ2n) is 4.21. The molecule has 2 rings (SSSR count). The Balaban J connectivity index is 1.79. The van der Waals surface area contributed by atoms with Gasteiger partial charge in [-0.1, -0.05) is 12.5 Å². The summed E-state index contributed by atoms with van der Waals surface area (Å²) in [4.78, 5) is 0. The van der Waals surface area contributed by atoms with Crippen LogP contribution in [0.2, 0.25) is 0 Å². The molecule has 2 N–H and O–H groups in total. The second kappa shape index (κ2) is 4.99. The van der Waals surface area contributed by atoms with Crippen molar-refractivity contribution in [2.24, 2.45) is 5.92 Å². The molecule has 1 aromatic rings. The molecule has 82 valence electrons. The number of phenolic OH excluding ortho intramolecular Hbond substituents is 1. The SMILES string of the molecule is Oc1ccc(CNCC2CCC2)cc1Br. The van der Waals surface area contributed by atoms with Crippen LogP contribution in [0.1, 0.15) is 24.8 Å². The van der Waals surface area contributed by atoms with Crippen molar-refractivity contribution in [1.29, 1.82) is 0 Å². The molecule has 0 aliphatic heterocycles. The molecule has 2 nitrogen and oxygen atoms in total. The number of nitrogens with one attached hydrogen (secondary N) is 1. The molecule has 0 atom stereocenters. The molecular weight excluding hydrogens is 254 g/mol. The van der Waals surface area contributed by atoms with Gasteiger partial charge in [-0.15, -0.1) is 0 Å². The first-order valence-corrected chi connectivity index (χ1v) is 6.23. The zero-order chi connectivity index (χ0) is 10.7. The van der Waals surface area contributed by atoms with Gasteiger partial charge in [0.15, 0.2) is 0 Å². The predicted molar refractivity (Wildman–Crippen MR) is 64.9 cm³/mol. The lowest BCUT2D eigenvalue weighted by Crippen LogP contribution is -2.26. The Morgan fingerprint density at radius 3 is 2.80 bits per heavy atom. The van der Waals surface area contributed by atoms with E-state index in [0.29, 0.717) is 5.75 Å². The number of phenols is 1. The lowest BCUT2D eigenvalue weighted by Gasteiger charge is -2.25. The van der Waals surface area contributed by atoms with Gasteiger partial charge in [-0.2, -0.15) is 0 Å². The maximum absolute atomic E-state index is 9.34. The summed E-state index contributed by atoms with van der Waals surface area (Å²) in [5.74, 6) is 1.20. The summed E-state index contributed by atoms with van der Waals surface area (Å²) in [5, 5.41) is 12.8. The third-order valence-corrected chi connectivity index (χ3v) is 3.63. The van der Waals surface area contributed by atoms with Gasteiger partial charge in [-0.3, -0.25) is 0 Å². The van der Waals surface area contributed by atoms with E-state index < -0.39 is 0 Å². The van der Waals surface area contributed by atoms with Crippen molar-refractivity contribution in [1.82, 2.24) is 5.32 Å². The highest BCUT2D eigenvalue weighted by Crippen LogP contribution is 2.26. The van der Waals surface area contributed by atoms with E-state index in [4.69, 9.17) is 0 Å². The Morgan fingerprint density at radius 2 is 2.20 bits per heavy atom. The molecule has 3 heteroatoms. The lowest BCUT2D eigenvalue weighted by molar-refractivity contribution is 0.301. The van der Waals surface area contributed by atoms with Crippen molar-refractivity contribution in [3.05, 3.63) is 28.2 Å². The summed E-state index contributed by atoms with van der Waals surface area (Å²) in [6.07, 6.45) is 4.16. The molecule has 0 aromatic heterocycles. The van der Waals surface area contributed by atoms with Gasteiger partial charge in [-0.05, 0) is 58.9 Å². The van der Waals surface area contributed by atoms with Gasteiger partial charge in [0.05, 0.1) is 4.47 Å². The third-order valence-electron chi connectivity index (χ3n) is 3.00. The Morgan fingerprint density at radius 1 is 1.40 bits per heavy atom. The predicted octanol–water partition coefficient (Wildman–Crippen LogP) is 3.04. The largest absolute Gasteiger partial charge is 0.507 e. The smallest absolute Gasteiger partial charge is 0.129 e. The number of benzene rings is 1. The monoisotopic (exact) mass is 269 g/mol. The molecule has 1 aromatic carbocycles. The van der Waals surface area contributed by atoms with E-state index in [2.05, 4.69) is 21.2 Å². The maximum atomic E-state index is 9.34. The minimum absolute atomic E-state index is 0.303. The highest BCUT2D eigenvalue weighted by Gasteiger charge is 2.16. The molecule has 0 bridgehead atoms. The molecular formula is C12H16BrNO. The fourth-order valence-electron chi connectivity index (χ4n) is 1.78. The Bertz CT molecular complexity index is 336. The van der Waals surface area contributed by atoms with Gasteiger partial charge in [0, 0.05) is 6.54 Å². The van der Waals surface area contributed by atoms with E-state index in [1.165, 1.54) is 24.8 Å². The molecule has 1 saturated carbocycles. The second-order valence-corrected chi connectivity index (χ2v) is 5.07. The van der Waals surface area contributed by atoms with Crippen LogP contribution in [-0.2, 0) is 6.54 Å². The van der Waals surface area contributed by atoms with Crippen LogP contribution < -0.4 is 5.32 Å². The molecule has 0 heterocycles. The highest BCUT2D eigenvalue weighted by atomic mass is 79.9. The van der Waals surface area contributed by atoms with Gasteiger partial charge in [-0.25, -0.2) is 0 Å². The van der Waals surface area contributed by atoms with Crippen molar-refractivity contribution in [3.63, 3.8) is 0 Å². The van der Waals surface area contributed by atoms with Gasteiger partial charge in [0.25, 0.3) is 0 Å². The van der Waals surface area contributed by atoms with Crippen LogP contribution in [0.15, 0.2) is 22.7 Å². The van der Waals surface area contributed by atoms with Crippen molar-refractivity contribution < 1.29 is 5.11 Å². The highest BCUT2D eigenvalue weighted by molar-refractivity contribution is 9.10. The first-order valence-electron chi connectivity index (χ1n) is 5.44. The van der Waals surface area contributed by atoms with E-state index in [9.17, 15) is 5.11 Å². The first kappa shape index (κ1) is 11.0. The van der Waals surface area contributed by atoms with Crippen molar-refractivity contribution in [3.8, 4) is 5.75 Å². The van der Waals surface area contributed by atoms with Gasteiger partial charge >= 0.3 is 0 Å². The molecule has 0 unspecified atom stereocenters. The fourth-order valence-corrected chi connectivity index (χ4v) is 2.20.